The maximum atomic E-state index is 12.9. The molecule has 1 aromatic carbocycles. The van der Waals surface area contributed by atoms with Gasteiger partial charge in [0.05, 0.1) is 11.6 Å². The zero-order chi connectivity index (χ0) is 15.4. The van der Waals surface area contributed by atoms with Crippen LogP contribution in [-0.2, 0) is 15.1 Å². The van der Waals surface area contributed by atoms with E-state index in [2.05, 4.69) is 29.4 Å². The molecule has 4 heteroatoms. The number of amides is 1. The predicted molar refractivity (Wildman–Crippen MR) is 86.6 cm³/mol. The van der Waals surface area contributed by atoms with Crippen molar-refractivity contribution in [1.29, 1.82) is 0 Å². The van der Waals surface area contributed by atoms with E-state index in [-0.39, 0.29) is 17.5 Å². The molecule has 0 radical (unpaired) electrons. The Hall–Kier alpha value is -1.39. The number of likely N-dealkylation sites (tertiary alicyclic amines) is 1. The molecular formula is C18H26N2O2. The zero-order valence-electron chi connectivity index (χ0n) is 13.4. The predicted octanol–water partition coefficient (Wildman–Crippen LogP) is 2.29. The first-order valence-electron chi connectivity index (χ1n) is 8.37. The molecule has 2 heterocycles. The van der Waals surface area contributed by atoms with Gasteiger partial charge >= 0.3 is 0 Å². The molecule has 0 aromatic heterocycles. The number of likely N-dealkylation sites (N-methyl/N-ethyl adjacent to an activating group) is 1. The van der Waals surface area contributed by atoms with Crippen molar-refractivity contribution in [2.24, 2.45) is 0 Å². The zero-order valence-corrected chi connectivity index (χ0v) is 13.4. The number of benzene rings is 1. The fraction of sp³-hybridized carbons (Fsp3) is 0.611. The van der Waals surface area contributed by atoms with E-state index in [9.17, 15) is 4.79 Å². The summed E-state index contributed by atoms with van der Waals surface area (Å²) in [6.07, 6.45) is 4.99. The Kier molecular flexibility index (Phi) is 4.79. The van der Waals surface area contributed by atoms with E-state index in [0.29, 0.717) is 13.2 Å². The summed E-state index contributed by atoms with van der Waals surface area (Å²) in [5.74, 6) is 0.174. The second-order valence-corrected chi connectivity index (χ2v) is 6.54. The summed E-state index contributed by atoms with van der Waals surface area (Å²) in [5.41, 5.74) is 0.930. The Bertz CT molecular complexity index is 497. The van der Waals surface area contributed by atoms with E-state index in [1.807, 2.05) is 18.2 Å². The van der Waals surface area contributed by atoms with E-state index in [1.165, 1.54) is 12.0 Å². The summed E-state index contributed by atoms with van der Waals surface area (Å²) in [4.78, 5) is 15.1. The molecule has 3 rings (SSSR count). The normalized spacial score (nSPS) is 25.6. The summed E-state index contributed by atoms with van der Waals surface area (Å²) in [6.45, 7) is 2.42. The standard InChI is InChI=1S/C18H26N2O2/c1-20-12-6-5-9-16(20)17(21)19-18(10-13-22-14-11-18)15-7-3-2-4-8-15/h2-4,7-8,16H,5-6,9-14H2,1H3,(H,19,21)/t16-/m1/s1. The van der Waals surface area contributed by atoms with Crippen molar-refractivity contribution in [2.45, 2.75) is 43.7 Å². The summed E-state index contributed by atoms with van der Waals surface area (Å²) in [5, 5.41) is 3.39. The molecule has 1 aromatic rings. The lowest BCUT2D eigenvalue weighted by Gasteiger charge is -2.41. The van der Waals surface area contributed by atoms with Crippen LogP contribution in [-0.4, -0.2) is 43.7 Å². The molecular weight excluding hydrogens is 276 g/mol. The number of carbonyl (C=O) groups is 1. The largest absolute Gasteiger partial charge is 0.381 e. The molecule has 0 aliphatic carbocycles. The molecule has 2 saturated heterocycles. The number of nitrogens with zero attached hydrogens (tertiary/aromatic N) is 1. The van der Waals surface area contributed by atoms with Gasteiger partial charge in [-0.15, -0.1) is 0 Å². The maximum Gasteiger partial charge on any atom is 0.238 e. The highest BCUT2D eigenvalue weighted by Crippen LogP contribution is 2.32. The first-order chi connectivity index (χ1) is 10.7. The van der Waals surface area contributed by atoms with Crippen LogP contribution in [0.2, 0.25) is 0 Å². The Morgan fingerprint density at radius 3 is 2.64 bits per heavy atom. The smallest absolute Gasteiger partial charge is 0.238 e. The van der Waals surface area contributed by atoms with Gasteiger partial charge in [0.25, 0.3) is 0 Å². The number of nitrogens with one attached hydrogen (secondary N) is 1. The first-order valence-corrected chi connectivity index (χ1v) is 8.37. The average Bonchev–Trinajstić information content (AvgIpc) is 2.57. The SMILES string of the molecule is CN1CCCC[C@@H]1C(=O)NC1(c2ccccc2)CCOCC1. The van der Waals surface area contributed by atoms with Crippen LogP contribution in [0, 0.1) is 0 Å². The molecule has 2 aliphatic heterocycles. The number of carbonyl (C=O) groups excluding carboxylic acids is 1. The number of ether oxygens (including phenoxy) is 1. The molecule has 0 spiro atoms. The lowest BCUT2D eigenvalue weighted by Crippen LogP contribution is -2.56. The molecule has 0 unspecified atom stereocenters. The highest BCUT2D eigenvalue weighted by molar-refractivity contribution is 5.82. The van der Waals surface area contributed by atoms with Crippen molar-refractivity contribution in [3.63, 3.8) is 0 Å². The van der Waals surface area contributed by atoms with Crippen molar-refractivity contribution in [2.75, 3.05) is 26.8 Å². The van der Waals surface area contributed by atoms with Crippen LogP contribution >= 0.6 is 0 Å². The minimum absolute atomic E-state index is 0.0113. The third kappa shape index (κ3) is 3.18. The third-order valence-electron chi connectivity index (χ3n) is 5.11. The van der Waals surface area contributed by atoms with Crippen LogP contribution in [0.1, 0.15) is 37.7 Å². The molecule has 1 amide bonds. The summed E-state index contributed by atoms with van der Waals surface area (Å²) in [6, 6.07) is 10.4. The van der Waals surface area contributed by atoms with Gasteiger partial charge in [0.15, 0.2) is 0 Å². The molecule has 1 N–H and O–H groups in total. The molecule has 120 valence electrons. The van der Waals surface area contributed by atoms with Crippen LogP contribution < -0.4 is 5.32 Å². The van der Waals surface area contributed by atoms with Crippen LogP contribution in [0.25, 0.3) is 0 Å². The highest BCUT2D eigenvalue weighted by Gasteiger charge is 2.38. The molecule has 4 nitrogen and oxygen atoms in total. The van der Waals surface area contributed by atoms with Gasteiger partial charge in [-0.05, 0) is 44.8 Å². The van der Waals surface area contributed by atoms with Crippen molar-refractivity contribution < 1.29 is 9.53 Å². The van der Waals surface area contributed by atoms with Gasteiger partial charge < -0.3 is 10.1 Å². The van der Waals surface area contributed by atoms with Gasteiger partial charge in [0.2, 0.25) is 5.91 Å². The molecule has 2 fully saturated rings. The van der Waals surface area contributed by atoms with E-state index >= 15 is 0 Å². The number of piperidine rings is 1. The van der Waals surface area contributed by atoms with Crippen molar-refractivity contribution in [1.82, 2.24) is 10.2 Å². The monoisotopic (exact) mass is 302 g/mol. The van der Waals surface area contributed by atoms with Crippen molar-refractivity contribution in [3.05, 3.63) is 35.9 Å². The lowest BCUT2D eigenvalue weighted by molar-refractivity contribution is -0.130. The third-order valence-corrected chi connectivity index (χ3v) is 5.11. The van der Waals surface area contributed by atoms with Crippen LogP contribution in [0.15, 0.2) is 30.3 Å². The van der Waals surface area contributed by atoms with Gasteiger partial charge in [-0.25, -0.2) is 0 Å². The first kappa shape index (κ1) is 15.5. The lowest BCUT2D eigenvalue weighted by atomic mass is 9.82. The van der Waals surface area contributed by atoms with Gasteiger partial charge in [0, 0.05) is 13.2 Å². The second-order valence-electron chi connectivity index (χ2n) is 6.54. The summed E-state index contributed by atoms with van der Waals surface area (Å²) < 4.78 is 5.53. The number of hydrogen-bond acceptors (Lipinski definition) is 3. The minimum atomic E-state index is -0.269. The van der Waals surface area contributed by atoms with Crippen LogP contribution in [0.3, 0.4) is 0 Å². The fourth-order valence-electron chi connectivity index (χ4n) is 3.69. The molecule has 0 saturated carbocycles. The van der Waals surface area contributed by atoms with Gasteiger partial charge in [-0.3, -0.25) is 9.69 Å². The maximum absolute atomic E-state index is 12.9. The van der Waals surface area contributed by atoms with Crippen LogP contribution in [0.4, 0.5) is 0 Å². The van der Waals surface area contributed by atoms with Crippen LogP contribution in [0.5, 0.6) is 0 Å². The Labute approximate surface area is 132 Å². The molecule has 2 aliphatic rings. The quantitative estimate of drug-likeness (QED) is 0.931. The van der Waals surface area contributed by atoms with Gasteiger partial charge in [-0.1, -0.05) is 36.8 Å². The Morgan fingerprint density at radius 2 is 1.95 bits per heavy atom. The van der Waals surface area contributed by atoms with E-state index in [1.54, 1.807) is 0 Å². The minimum Gasteiger partial charge on any atom is -0.381 e. The molecule has 22 heavy (non-hydrogen) atoms. The Morgan fingerprint density at radius 1 is 1.23 bits per heavy atom. The van der Waals surface area contributed by atoms with Crippen molar-refractivity contribution >= 4 is 5.91 Å². The van der Waals surface area contributed by atoms with Gasteiger partial charge in [0.1, 0.15) is 0 Å². The Balaban J connectivity index is 1.80. The number of hydrogen-bond donors (Lipinski definition) is 1. The fourth-order valence-corrected chi connectivity index (χ4v) is 3.69. The van der Waals surface area contributed by atoms with Crippen molar-refractivity contribution in [3.8, 4) is 0 Å². The summed E-state index contributed by atoms with van der Waals surface area (Å²) in [7, 11) is 2.06. The highest BCUT2D eigenvalue weighted by atomic mass is 16.5. The molecule has 1 atom stereocenters. The van der Waals surface area contributed by atoms with E-state index in [0.717, 1.165) is 32.2 Å². The number of rotatable bonds is 3. The second kappa shape index (κ2) is 6.80. The summed E-state index contributed by atoms with van der Waals surface area (Å²) >= 11 is 0. The van der Waals surface area contributed by atoms with Gasteiger partial charge in [-0.2, -0.15) is 0 Å². The molecule has 0 bridgehead atoms. The van der Waals surface area contributed by atoms with E-state index < -0.39 is 0 Å². The topological polar surface area (TPSA) is 41.6 Å². The van der Waals surface area contributed by atoms with E-state index in [4.69, 9.17) is 4.74 Å². The average molecular weight is 302 g/mol.